The Labute approximate surface area is 150 Å². The van der Waals surface area contributed by atoms with Crippen molar-refractivity contribution < 1.29 is 18.8 Å². The number of carbonyl (C=O) groups excluding carboxylic acids is 1. The quantitative estimate of drug-likeness (QED) is 0.786. The second kappa shape index (κ2) is 6.65. The van der Waals surface area contributed by atoms with Gasteiger partial charge in [0.2, 0.25) is 0 Å². The van der Waals surface area contributed by atoms with Gasteiger partial charge >= 0.3 is 7.12 Å². The van der Waals surface area contributed by atoms with Crippen LogP contribution < -0.4 is 10.2 Å². The molecule has 2 fully saturated rings. The monoisotopic (exact) mass is 345 g/mol. The molecule has 6 heteroatoms. The molecule has 3 rings (SSSR count). The SMILES string of the molecule is Cc1cc(B2OC(C)(C)C(C)(C)O2)ccc1OCC(=O)N1CCCC1. The molecular weight excluding hydrogens is 317 g/mol. The van der Waals surface area contributed by atoms with Gasteiger partial charge in [-0.2, -0.15) is 0 Å². The zero-order chi connectivity index (χ0) is 18.2. The number of amides is 1. The third-order valence-corrected chi connectivity index (χ3v) is 5.53. The highest BCUT2D eigenvalue weighted by Gasteiger charge is 2.51. The zero-order valence-corrected chi connectivity index (χ0v) is 15.9. The minimum Gasteiger partial charge on any atom is -0.484 e. The van der Waals surface area contributed by atoms with Crippen LogP contribution in [0.15, 0.2) is 18.2 Å². The van der Waals surface area contributed by atoms with Crippen LogP contribution in [-0.4, -0.2) is 48.8 Å². The first-order valence-electron chi connectivity index (χ1n) is 9.06. The second-order valence-electron chi connectivity index (χ2n) is 7.99. The Balaban J connectivity index is 1.64. The first kappa shape index (κ1) is 18.3. The van der Waals surface area contributed by atoms with Crippen molar-refractivity contribution in [2.75, 3.05) is 19.7 Å². The van der Waals surface area contributed by atoms with Crippen LogP contribution in [0.5, 0.6) is 5.75 Å². The molecule has 2 heterocycles. The van der Waals surface area contributed by atoms with E-state index in [9.17, 15) is 4.79 Å². The second-order valence-corrected chi connectivity index (χ2v) is 7.99. The van der Waals surface area contributed by atoms with Crippen molar-refractivity contribution in [3.63, 3.8) is 0 Å². The van der Waals surface area contributed by atoms with Crippen molar-refractivity contribution in [2.45, 2.75) is 58.7 Å². The standard InChI is InChI=1S/C19H28BNO4/c1-14-12-15(20-24-18(2,3)19(4,5)25-20)8-9-16(14)23-13-17(22)21-10-6-7-11-21/h8-9,12H,6-7,10-11,13H2,1-5H3. The van der Waals surface area contributed by atoms with E-state index in [1.54, 1.807) is 0 Å². The summed E-state index contributed by atoms with van der Waals surface area (Å²) in [5.41, 5.74) is 1.22. The largest absolute Gasteiger partial charge is 0.494 e. The average molecular weight is 345 g/mol. The van der Waals surface area contributed by atoms with Crippen molar-refractivity contribution in [1.29, 1.82) is 0 Å². The van der Waals surface area contributed by atoms with Crippen LogP contribution in [0.3, 0.4) is 0 Å². The molecule has 0 aromatic heterocycles. The smallest absolute Gasteiger partial charge is 0.484 e. The summed E-state index contributed by atoms with van der Waals surface area (Å²) >= 11 is 0. The molecule has 136 valence electrons. The molecule has 1 aromatic rings. The van der Waals surface area contributed by atoms with Crippen LogP contribution in [0.4, 0.5) is 0 Å². The summed E-state index contributed by atoms with van der Waals surface area (Å²) in [5, 5.41) is 0. The summed E-state index contributed by atoms with van der Waals surface area (Å²) in [5.74, 6) is 0.791. The molecule has 2 aliphatic rings. The summed E-state index contributed by atoms with van der Waals surface area (Å²) in [6, 6.07) is 5.86. The molecule has 1 amide bonds. The number of likely N-dealkylation sites (tertiary alicyclic amines) is 1. The predicted octanol–water partition coefficient (Wildman–Crippen LogP) is 2.30. The van der Waals surface area contributed by atoms with E-state index >= 15 is 0 Å². The van der Waals surface area contributed by atoms with Crippen molar-refractivity contribution in [3.8, 4) is 5.75 Å². The van der Waals surface area contributed by atoms with Crippen LogP contribution >= 0.6 is 0 Å². The third-order valence-electron chi connectivity index (χ3n) is 5.53. The van der Waals surface area contributed by atoms with E-state index in [0.29, 0.717) is 0 Å². The molecule has 0 N–H and O–H groups in total. The molecule has 0 saturated carbocycles. The van der Waals surface area contributed by atoms with Crippen molar-refractivity contribution in [1.82, 2.24) is 4.90 Å². The molecular formula is C19H28BNO4. The van der Waals surface area contributed by atoms with Gasteiger partial charge in [-0.3, -0.25) is 4.79 Å². The molecule has 0 atom stereocenters. The fraction of sp³-hybridized carbons (Fsp3) is 0.632. The predicted molar refractivity (Wildman–Crippen MR) is 98.2 cm³/mol. The van der Waals surface area contributed by atoms with Gasteiger partial charge < -0.3 is 18.9 Å². The van der Waals surface area contributed by atoms with E-state index in [4.69, 9.17) is 14.0 Å². The van der Waals surface area contributed by atoms with E-state index in [2.05, 4.69) is 0 Å². The van der Waals surface area contributed by atoms with Crippen LogP contribution in [0.2, 0.25) is 0 Å². The lowest BCUT2D eigenvalue weighted by molar-refractivity contribution is -0.132. The lowest BCUT2D eigenvalue weighted by Gasteiger charge is -2.32. The summed E-state index contributed by atoms with van der Waals surface area (Å²) in [7, 11) is -0.385. The lowest BCUT2D eigenvalue weighted by atomic mass is 9.78. The molecule has 0 aliphatic carbocycles. The Morgan fingerprint density at radius 1 is 1.16 bits per heavy atom. The average Bonchev–Trinajstić information content (AvgIpc) is 3.13. The number of nitrogens with zero attached hydrogens (tertiary/aromatic N) is 1. The van der Waals surface area contributed by atoms with E-state index in [-0.39, 0.29) is 30.8 Å². The number of ether oxygens (including phenoxy) is 1. The van der Waals surface area contributed by atoms with Crippen LogP contribution in [-0.2, 0) is 14.1 Å². The lowest BCUT2D eigenvalue weighted by Crippen LogP contribution is -2.41. The van der Waals surface area contributed by atoms with Gasteiger partial charge in [-0.1, -0.05) is 12.1 Å². The highest BCUT2D eigenvalue weighted by Crippen LogP contribution is 2.36. The fourth-order valence-corrected chi connectivity index (χ4v) is 3.16. The molecule has 0 bridgehead atoms. The molecule has 2 aliphatic heterocycles. The van der Waals surface area contributed by atoms with E-state index in [1.807, 2.05) is 57.7 Å². The van der Waals surface area contributed by atoms with Gasteiger partial charge in [0.25, 0.3) is 5.91 Å². The summed E-state index contributed by atoms with van der Waals surface area (Å²) in [4.78, 5) is 14.0. The Morgan fingerprint density at radius 3 is 2.32 bits per heavy atom. The van der Waals surface area contributed by atoms with Crippen LogP contribution in [0.1, 0.15) is 46.1 Å². The topological polar surface area (TPSA) is 48.0 Å². The zero-order valence-electron chi connectivity index (χ0n) is 15.9. The normalized spacial score (nSPS) is 21.6. The minimum atomic E-state index is -0.385. The number of aryl methyl sites for hydroxylation is 1. The number of carbonyl (C=O) groups is 1. The van der Waals surface area contributed by atoms with Gasteiger partial charge in [0.1, 0.15) is 5.75 Å². The maximum Gasteiger partial charge on any atom is 0.494 e. The van der Waals surface area contributed by atoms with E-state index < -0.39 is 0 Å². The first-order valence-corrected chi connectivity index (χ1v) is 9.06. The van der Waals surface area contributed by atoms with Crippen LogP contribution in [0, 0.1) is 6.92 Å². The Morgan fingerprint density at radius 2 is 1.76 bits per heavy atom. The summed E-state index contributed by atoms with van der Waals surface area (Å²) in [6.07, 6.45) is 2.18. The number of rotatable bonds is 4. The highest BCUT2D eigenvalue weighted by molar-refractivity contribution is 6.62. The molecule has 5 nitrogen and oxygen atoms in total. The van der Waals surface area contributed by atoms with Crippen molar-refractivity contribution >= 4 is 18.5 Å². The molecule has 2 saturated heterocycles. The number of benzene rings is 1. The first-order chi connectivity index (χ1) is 11.7. The van der Waals surface area contributed by atoms with Crippen LogP contribution in [0.25, 0.3) is 0 Å². The number of hydrogen-bond donors (Lipinski definition) is 0. The highest BCUT2D eigenvalue weighted by atomic mass is 16.7. The maximum absolute atomic E-state index is 12.1. The van der Waals surface area contributed by atoms with Gasteiger partial charge in [0.15, 0.2) is 6.61 Å². The molecule has 0 radical (unpaired) electrons. The molecule has 1 aromatic carbocycles. The van der Waals surface area contributed by atoms with E-state index in [1.165, 1.54) is 0 Å². The molecule has 0 spiro atoms. The Hall–Kier alpha value is -1.53. The Bertz CT molecular complexity index is 637. The molecule has 0 unspecified atom stereocenters. The fourth-order valence-electron chi connectivity index (χ4n) is 3.16. The Kier molecular flexibility index (Phi) is 4.86. The van der Waals surface area contributed by atoms with Gasteiger partial charge in [-0.15, -0.1) is 0 Å². The molecule has 25 heavy (non-hydrogen) atoms. The third kappa shape index (κ3) is 3.70. The van der Waals surface area contributed by atoms with E-state index in [0.717, 1.165) is 42.7 Å². The van der Waals surface area contributed by atoms with Crippen molar-refractivity contribution in [3.05, 3.63) is 23.8 Å². The maximum atomic E-state index is 12.1. The summed E-state index contributed by atoms with van der Waals surface area (Å²) < 4.78 is 17.9. The summed E-state index contributed by atoms with van der Waals surface area (Å²) in [6.45, 7) is 11.9. The van der Waals surface area contributed by atoms with Gasteiger partial charge in [-0.25, -0.2) is 0 Å². The minimum absolute atomic E-state index is 0.0620. The van der Waals surface area contributed by atoms with Gasteiger partial charge in [0.05, 0.1) is 11.2 Å². The number of hydrogen-bond acceptors (Lipinski definition) is 4. The van der Waals surface area contributed by atoms with Gasteiger partial charge in [0, 0.05) is 13.1 Å². The van der Waals surface area contributed by atoms with Crippen molar-refractivity contribution in [2.24, 2.45) is 0 Å². The van der Waals surface area contributed by atoms with Gasteiger partial charge in [-0.05, 0) is 64.6 Å².